The number of aldehydes is 1. The highest BCUT2D eigenvalue weighted by atomic mass is 19.1. The quantitative estimate of drug-likeness (QED) is 0.605. The predicted molar refractivity (Wildman–Crippen MR) is 106 cm³/mol. The summed E-state index contributed by atoms with van der Waals surface area (Å²) in [5.41, 5.74) is 1.63. The van der Waals surface area contributed by atoms with Gasteiger partial charge in [0.25, 0.3) is 0 Å². The van der Waals surface area contributed by atoms with Crippen LogP contribution < -0.4 is 0 Å². The number of halogens is 1. The van der Waals surface area contributed by atoms with E-state index < -0.39 is 11.9 Å². The Labute approximate surface area is 162 Å². The number of hydrogen-bond acceptors (Lipinski definition) is 5. The van der Waals surface area contributed by atoms with E-state index in [0.717, 1.165) is 12.8 Å². The van der Waals surface area contributed by atoms with Crippen LogP contribution in [0.1, 0.15) is 35.7 Å². The zero-order valence-corrected chi connectivity index (χ0v) is 15.9. The van der Waals surface area contributed by atoms with Crippen LogP contribution >= 0.6 is 0 Å². The zero-order chi connectivity index (χ0) is 20.1. The van der Waals surface area contributed by atoms with Crippen molar-refractivity contribution in [1.29, 1.82) is 0 Å². The van der Waals surface area contributed by atoms with Crippen LogP contribution in [0, 0.1) is 5.82 Å². The fourth-order valence-electron chi connectivity index (χ4n) is 2.99. The van der Waals surface area contributed by atoms with Gasteiger partial charge in [0.15, 0.2) is 17.8 Å². The zero-order valence-electron chi connectivity index (χ0n) is 15.9. The molecule has 7 heteroatoms. The molecule has 0 saturated heterocycles. The van der Waals surface area contributed by atoms with E-state index in [1.54, 1.807) is 35.1 Å². The van der Waals surface area contributed by atoms with Crippen molar-refractivity contribution in [1.82, 2.24) is 19.5 Å². The number of hydrogen-bond donors (Lipinski definition) is 1. The molecule has 3 aromatic rings. The summed E-state index contributed by atoms with van der Waals surface area (Å²) in [5, 5.41) is 14.2. The highest BCUT2D eigenvalue weighted by molar-refractivity contribution is 5.84. The fourth-order valence-corrected chi connectivity index (χ4v) is 2.99. The van der Waals surface area contributed by atoms with Crippen LogP contribution in [0.25, 0.3) is 23.1 Å². The third kappa shape index (κ3) is 4.43. The summed E-state index contributed by atoms with van der Waals surface area (Å²) in [4.78, 5) is 17.6. The van der Waals surface area contributed by atoms with Crippen molar-refractivity contribution in [3.63, 3.8) is 0 Å². The molecule has 1 atom stereocenters. The lowest BCUT2D eigenvalue weighted by molar-refractivity contribution is 0.112. The summed E-state index contributed by atoms with van der Waals surface area (Å²) < 4.78 is 16.1. The maximum atomic E-state index is 14.6. The molecule has 3 rings (SSSR count). The van der Waals surface area contributed by atoms with Gasteiger partial charge in [0.1, 0.15) is 5.82 Å². The molecule has 1 N–H and O–H groups in total. The van der Waals surface area contributed by atoms with Gasteiger partial charge in [-0.25, -0.2) is 13.9 Å². The van der Waals surface area contributed by atoms with Gasteiger partial charge in [-0.15, -0.1) is 5.10 Å². The first kappa shape index (κ1) is 19.7. The van der Waals surface area contributed by atoms with Crippen molar-refractivity contribution in [2.75, 3.05) is 13.6 Å². The van der Waals surface area contributed by atoms with E-state index in [4.69, 9.17) is 0 Å². The number of fused-ring (bicyclic) bond motifs is 1. The molecule has 0 amide bonds. The summed E-state index contributed by atoms with van der Waals surface area (Å²) >= 11 is 0. The normalized spacial score (nSPS) is 12.6. The Morgan fingerprint density at radius 2 is 2.14 bits per heavy atom. The number of benzene rings is 1. The highest BCUT2D eigenvalue weighted by Gasteiger charge is 2.14. The second kappa shape index (κ2) is 8.75. The first-order chi connectivity index (χ1) is 13.5. The SMILES string of the molecule is CCCC(O)CN(C)/C=C\c1cc(-c2nc3ccccn3n2)c(F)cc1C=O. The molecule has 28 heavy (non-hydrogen) atoms. The first-order valence-electron chi connectivity index (χ1n) is 9.18. The number of likely N-dealkylation sites (N-methyl/N-ethyl adjacent to an activating group) is 1. The standard InChI is InChI=1S/C21H23FN4O2/c1-3-6-17(28)13-25(2)10-8-15-11-18(19(22)12-16(15)14-27)21-23-20-7-4-5-9-26(20)24-21/h4-5,7-12,14,17,28H,3,6,13H2,1-2H3/b10-8-. The number of pyridine rings is 1. The smallest absolute Gasteiger partial charge is 0.185 e. The average Bonchev–Trinajstić information content (AvgIpc) is 3.10. The molecule has 0 fully saturated rings. The number of aromatic nitrogens is 3. The second-order valence-electron chi connectivity index (χ2n) is 6.72. The first-order valence-corrected chi connectivity index (χ1v) is 9.18. The van der Waals surface area contributed by atoms with Crippen LogP contribution in [-0.4, -0.2) is 50.6 Å². The molecule has 2 aromatic heterocycles. The van der Waals surface area contributed by atoms with Gasteiger partial charge >= 0.3 is 0 Å². The average molecular weight is 382 g/mol. The molecule has 0 spiro atoms. The van der Waals surface area contributed by atoms with Crippen LogP contribution in [0.2, 0.25) is 0 Å². The van der Waals surface area contributed by atoms with Gasteiger partial charge < -0.3 is 10.0 Å². The van der Waals surface area contributed by atoms with E-state index in [1.165, 1.54) is 6.07 Å². The van der Waals surface area contributed by atoms with Crippen LogP contribution in [0.15, 0.2) is 42.7 Å². The topological polar surface area (TPSA) is 70.7 Å². The Balaban J connectivity index is 1.91. The fraction of sp³-hybridized carbons (Fsp3) is 0.286. The van der Waals surface area contributed by atoms with E-state index in [0.29, 0.717) is 24.0 Å². The van der Waals surface area contributed by atoms with Gasteiger partial charge in [0.2, 0.25) is 0 Å². The third-order valence-electron chi connectivity index (χ3n) is 4.41. The van der Waals surface area contributed by atoms with E-state index in [9.17, 15) is 14.3 Å². The Morgan fingerprint density at radius 3 is 2.86 bits per heavy atom. The highest BCUT2D eigenvalue weighted by Crippen LogP contribution is 2.25. The number of aliphatic hydroxyl groups is 1. The number of aliphatic hydroxyl groups excluding tert-OH is 1. The molecule has 1 unspecified atom stereocenters. The minimum atomic E-state index is -0.554. The molecule has 1 aromatic carbocycles. The summed E-state index contributed by atoms with van der Waals surface area (Å²) in [5.74, 6) is -0.301. The van der Waals surface area contributed by atoms with Gasteiger partial charge in [-0.3, -0.25) is 4.79 Å². The summed E-state index contributed by atoms with van der Waals surface area (Å²) in [6.07, 6.45) is 7.05. The molecule has 0 aliphatic heterocycles. The minimum Gasteiger partial charge on any atom is -0.391 e. The lowest BCUT2D eigenvalue weighted by Crippen LogP contribution is -2.24. The van der Waals surface area contributed by atoms with E-state index >= 15 is 0 Å². The molecule has 0 saturated carbocycles. The van der Waals surface area contributed by atoms with Gasteiger partial charge in [0.05, 0.1) is 11.7 Å². The van der Waals surface area contributed by atoms with Gasteiger partial charge in [-0.1, -0.05) is 19.4 Å². The second-order valence-corrected chi connectivity index (χ2v) is 6.72. The predicted octanol–water partition coefficient (Wildman–Crippen LogP) is 3.41. The maximum Gasteiger partial charge on any atom is 0.185 e. The molecular formula is C21H23FN4O2. The largest absolute Gasteiger partial charge is 0.391 e. The lowest BCUT2D eigenvalue weighted by atomic mass is 10.0. The third-order valence-corrected chi connectivity index (χ3v) is 4.41. The van der Waals surface area contributed by atoms with Crippen molar-refractivity contribution >= 4 is 18.0 Å². The molecule has 0 radical (unpaired) electrons. The monoisotopic (exact) mass is 382 g/mol. The van der Waals surface area contributed by atoms with Gasteiger partial charge in [-0.05, 0) is 48.5 Å². The molecule has 0 aliphatic rings. The van der Waals surface area contributed by atoms with E-state index in [-0.39, 0.29) is 17.0 Å². The van der Waals surface area contributed by atoms with Crippen molar-refractivity contribution in [3.8, 4) is 11.4 Å². The maximum absolute atomic E-state index is 14.6. The minimum absolute atomic E-state index is 0.225. The molecule has 0 aliphatic carbocycles. The van der Waals surface area contributed by atoms with E-state index in [2.05, 4.69) is 10.1 Å². The number of nitrogens with zero attached hydrogens (tertiary/aromatic N) is 4. The van der Waals surface area contributed by atoms with Crippen LogP contribution in [0.5, 0.6) is 0 Å². The molecule has 146 valence electrons. The summed E-state index contributed by atoms with van der Waals surface area (Å²) in [6, 6.07) is 8.19. The van der Waals surface area contributed by atoms with Crippen LogP contribution in [0.4, 0.5) is 4.39 Å². The van der Waals surface area contributed by atoms with Crippen molar-refractivity contribution in [2.45, 2.75) is 25.9 Å². The van der Waals surface area contributed by atoms with Crippen LogP contribution in [-0.2, 0) is 0 Å². The van der Waals surface area contributed by atoms with Crippen molar-refractivity contribution in [3.05, 3.63) is 59.7 Å². The Morgan fingerprint density at radius 1 is 1.32 bits per heavy atom. The summed E-state index contributed by atoms with van der Waals surface area (Å²) in [6.45, 7) is 2.49. The number of carbonyl (C=O) groups is 1. The van der Waals surface area contributed by atoms with Gasteiger partial charge in [-0.2, -0.15) is 0 Å². The van der Waals surface area contributed by atoms with E-state index in [1.807, 2.05) is 31.0 Å². The van der Waals surface area contributed by atoms with Crippen LogP contribution in [0.3, 0.4) is 0 Å². The van der Waals surface area contributed by atoms with Crippen molar-refractivity contribution < 1.29 is 14.3 Å². The molecule has 2 heterocycles. The number of carbonyl (C=O) groups excluding carboxylic acids is 1. The van der Waals surface area contributed by atoms with Gasteiger partial charge in [0, 0.05) is 25.4 Å². The summed E-state index contributed by atoms with van der Waals surface area (Å²) in [7, 11) is 1.84. The van der Waals surface area contributed by atoms with Crippen molar-refractivity contribution in [2.24, 2.45) is 0 Å². The Hall–Kier alpha value is -3.06. The number of rotatable bonds is 8. The molecule has 6 nitrogen and oxygen atoms in total. The lowest BCUT2D eigenvalue weighted by Gasteiger charge is -2.18. The Bertz CT molecular complexity index is 966. The molecule has 0 bridgehead atoms. The Kier molecular flexibility index (Phi) is 6.16. The molecular weight excluding hydrogens is 359 g/mol.